The fourth-order valence-corrected chi connectivity index (χ4v) is 3.92. The molecule has 1 aliphatic heterocycles. The maximum atomic E-state index is 12.6. The lowest BCUT2D eigenvalue weighted by Gasteiger charge is -2.30. The first-order valence-electron chi connectivity index (χ1n) is 7.51. The Morgan fingerprint density at radius 3 is 2.82 bits per heavy atom. The second kappa shape index (κ2) is 6.84. The Bertz CT molecular complexity index is 653. The number of nitrogens with zero attached hydrogens (tertiary/aromatic N) is 2. The van der Waals surface area contributed by atoms with Crippen molar-refractivity contribution >= 4 is 38.9 Å². The Hall–Kier alpha value is -1.33. The topological polar surface area (TPSA) is 23.6 Å². The predicted octanol–water partition coefficient (Wildman–Crippen LogP) is 3.92. The maximum Gasteiger partial charge on any atom is 0.242 e. The van der Waals surface area contributed by atoms with Crippen LogP contribution in [0.1, 0.15) is 17.4 Å². The Balaban J connectivity index is 1.66. The molecule has 2 aromatic rings. The number of anilines is 1. The Morgan fingerprint density at radius 2 is 2.09 bits per heavy atom. The lowest BCUT2D eigenvalue weighted by molar-refractivity contribution is -0.130. The van der Waals surface area contributed by atoms with Crippen LogP contribution in [-0.4, -0.2) is 30.4 Å². The summed E-state index contributed by atoms with van der Waals surface area (Å²) in [6.07, 6.45) is 0.989. The van der Waals surface area contributed by atoms with Crippen molar-refractivity contribution in [2.75, 3.05) is 24.5 Å². The van der Waals surface area contributed by atoms with Gasteiger partial charge < -0.3 is 9.80 Å². The summed E-state index contributed by atoms with van der Waals surface area (Å²) < 4.78 is 1.06. The Labute approximate surface area is 143 Å². The number of benzene rings is 1. The van der Waals surface area contributed by atoms with Gasteiger partial charge in [-0.1, -0.05) is 15.9 Å². The van der Waals surface area contributed by atoms with Gasteiger partial charge in [0.15, 0.2) is 0 Å². The monoisotopic (exact) mass is 378 g/mol. The van der Waals surface area contributed by atoms with E-state index in [-0.39, 0.29) is 5.91 Å². The summed E-state index contributed by atoms with van der Waals surface area (Å²) in [5.41, 5.74) is 2.41. The van der Waals surface area contributed by atoms with Crippen molar-refractivity contribution in [2.24, 2.45) is 0 Å². The molecule has 0 unspecified atom stereocenters. The molecule has 1 aromatic carbocycles. The summed E-state index contributed by atoms with van der Waals surface area (Å²) in [7, 11) is 0. The van der Waals surface area contributed by atoms with Crippen LogP contribution < -0.4 is 4.90 Å². The minimum Gasteiger partial charge on any atom is -0.362 e. The van der Waals surface area contributed by atoms with Crippen molar-refractivity contribution < 1.29 is 4.79 Å². The summed E-state index contributed by atoms with van der Waals surface area (Å²) in [5.74, 6) is 0.210. The van der Waals surface area contributed by atoms with Gasteiger partial charge in [-0.3, -0.25) is 4.79 Å². The second-order valence-electron chi connectivity index (χ2n) is 5.42. The van der Waals surface area contributed by atoms with Crippen LogP contribution in [-0.2, 0) is 17.8 Å². The zero-order chi connectivity index (χ0) is 15.5. The summed E-state index contributed by atoms with van der Waals surface area (Å²) in [5, 5.41) is 2.12. The molecule has 1 amide bonds. The van der Waals surface area contributed by atoms with Crippen molar-refractivity contribution in [1.82, 2.24) is 4.90 Å². The van der Waals surface area contributed by atoms with E-state index >= 15 is 0 Å². The largest absolute Gasteiger partial charge is 0.362 e. The molecule has 3 rings (SSSR count). The number of carbonyl (C=O) groups is 1. The number of amides is 1. The minimum atomic E-state index is 0.210. The summed E-state index contributed by atoms with van der Waals surface area (Å²) in [6, 6.07) is 10.3. The third kappa shape index (κ3) is 3.36. The van der Waals surface area contributed by atoms with Crippen LogP contribution in [0.5, 0.6) is 0 Å². The molecule has 5 heteroatoms. The highest BCUT2D eigenvalue weighted by Gasteiger charge is 2.22. The number of hydrogen-bond acceptors (Lipinski definition) is 3. The first-order valence-corrected chi connectivity index (χ1v) is 9.18. The number of thiophene rings is 1. The Kier molecular flexibility index (Phi) is 4.84. The van der Waals surface area contributed by atoms with Crippen molar-refractivity contribution in [3.8, 4) is 0 Å². The first kappa shape index (κ1) is 15.6. The highest BCUT2D eigenvalue weighted by molar-refractivity contribution is 9.10. The molecule has 0 saturated carbocycles. The van der Waals surface area contributed by atoms with Gasteiger partial charge in [-0.15, -0.1) is 11.3 Å². The van der Waals surface area contributed by atoms with Gasteiger partial charge in [0.1, 0.15) is 0 Å². The number of fused-ring (bicyclic) bond motifs is 1. The average Bonchev–Trinajstić information content (AvgIpc) is 3.01. The minimum absolute atomic E-state index is 0.210. The van der Waals surface area contributed by atoms with Crippen LogP contribution in [0.2, 0.25) is 0 Å². The predicted molar refractivity (Wildman–Crippen MR) is 95.5 cm³/mol. The molecule has 0 spiro atoms. The Morgan fingerprint density at radius 1 is 1.32 bits per heavy atom. The van der Waals surface area contributed by atoms with Gasteiger partial charge in [0.05, 0.1) is 6.54 Å². The van der Waals surface area contributed by atoms with Crippen LogP contribution in [0.15, 0.2) is 40.2 Å². The first-order chi connectivity index (χ1) is 10.7. The highest BCUT2D eigenvalue weighted by Crippen LogP contribution is 2.24. The van der Waals surface area contributed by atoms with Crippen molar-refractivity contribution in [3.05, 3.63) is 50.6 Å². The zero-order valence-electron chi connectivity index (χ0n) is 12.6. The summed E-state index contributed by atoms with van der Waals surface area (Å²) in [6.45, 7) is 4.95. The summed E-state index contributed by atoms with van der Waals surface area (Å²) >= 11 is 5.25. The van der Waals surface area contributed by atoms with E-state index in [1.54, 1.807) is 11.3 Å². The van der Waals surface area contributed by atoms with Gasteiger partial charge >= 0.3 is 0 Å². The van der Waals surface area contributed by atoms with Crippen LogP contribution in [0.3, 0.4) is 0 Å². The van der Waals surface area contributed by atoms with Gasteiger partial charge in [-0.2, -0.15) is 0 Å². The highest BCUT2D eigenvalue weighted by atomic mass is 79.9. The van der Waals surface area contributed by atoms with Crippen LogP contribution in [0.4, 0.5) is 5.69 Å². The molecule has 0 bridgehead atoms. The molecule has 0 saturated heterocycles. The third-order valence-corrected chi connectivity index (χ3v) is 5.61. The van der Waals surface area contributed by atoms with E-state index in [1.165, 1.54) is 10.4 Å². The number of halogens is 1. The van der Waals surface area contributed by atoms with Gasteiger partial charge in [0.2, 0.25) is 5.91 Å². The number of carbonyl (C=O) groups excluding carboxylic acids is 1. The fraction of sp³-hybridized carbons (Fsp3) is 0.353. The molecule has 1 aromatic heterocycles. The van der Waals surface area contributed by atoms with E-state index < -0.39 is 0 Å². The normalized spacial score (nSPS) is 13.8. The molecular weight excluding hydrogens is 360 g/mol. The van der Waals surface area contributed by atoms with Crippen molar-refractivity contribution in [1.29, 1.82) is 0 Å². The standard InChI is InChI=1S/C17H19BrN2OS/c1-2-19(15-5-3-14(18)4-6-15)12-17(21)20-9-7-16-13(11-20)8-10-22-16/h3-6,8,10H,2,7,9,11-12H2,1H3. The van der Waals surface area contributed by atoms with Gasteiger partial charge in [-0.05, 0) is 54.6 Å². The quantitative estimate of drug-likeness (QED) is 0.804. The maximum absolute atomic E-state index is 12.6. The van der Waals surface area contributed by atoms with E-state index in [0.29, 0.717) is 6.54 Å². The number of hydrogen-bond donors (Lipinski definition) is 0. The van der Waals surface area contributed by atoms with E-state index in [2.05, 4.69) is 39.2 Å². The summed E-state index contributed by atoms with van der Waals surface area (Å²) in [4.78, 5) is 18.2. The molecule has 116 valence electrons. The molecule has 3 nitrogen and oxygen atoms in total. The number of rotatable bonds is 4. The average molecular weight is 379 g/mol. The molecule has 0 N–H and O–H groups in total. The lowest BCUT2D eigenvalue weighted by Crippen LogP contribution is -2.42. The van der Waals surface area contributed by atoms with E-state index in [9.17, 15) is 4.79 Å². The number of likely N-dealkylation sites (N-methyl/N-ethyl adjacent to an activating group) is 1. The van der Waals surface area contributed by atoms with Gasteiger partial charge in [0, 0.05) is 34.7 Å². The van der Waals surface area contributed by atoms with Crippen LogP contribution in [0, 0.1) is 0 Å². The molecule has 0 radical (unpaired) electrons. The van der Waals surface area contributed by atoms with Crippen molar-refractivity contribution in [3.63, 3.8) is 0 Å². The smallest absolute Gasteiger partial charge is 0.242 e. The molecule has 2 heterocycles. The van der Waals surface area contributed by atoms with Crippen LogP contribution in [0.25, 0.3) is 0 Å². The second-order valence-corrected chi connectivity index (χ2v) is 7.34. The van der Waals surface area contributed by atoms with E-state index in [4.69, 9.17) is 0 Å². The SMILES string of the molecule is CCN(CC(=O)N1CCc2sccc2C1)c1ccc(Br)cc1. The molecule has 0 fully saturated rings. The van der Waals surface area contributed by atoms with E-state index in [1.807, 2.05) is 29.2 Å². The molecule has 22 heavy (non-hydrogen) atoms. The van der Waals surface area contributed by atoms with E-state index in [0.717, 1.165) is 36.2 Å². The fourth-order valence-electron chi connectivity index (χ4n) is 2.76. The molecule has 0 atom stereocenters. The molecule has 1 aliphatic rings. The third-order valence-electron chi connectivity index (χ3n) is 4.06. The lowest BCUT2D eigenvalue weighted by atomic mass is 10.1. The van der Waals surface area contributed by atoms with Gasteiger partial charge in [-0.25, -0.2) is 0 Å². The zero-order valence-corrected chi connectivity index (χ0v) is 15.0. The van der Waals surface area contributed by atoms with Crippen LogP contribution >= 0.6 is 27.3 Å². The van der Waals surface area contributed by atoms with Crippen molar-refractivity contribution in [2.45, 2.75) is 19.9 Å². The molecular formula is C17H19BrN2OS. The molecule has 0 aliphatic carbocycles. The van der Waals surface area contributed by atoms with Gasteiger partial charge in [0.25, 0.3) is 0 Å².